The fraction of sp³-hybridized carbons (Fsp3) is 0.814. The molecule has 292 valence electrons. The second-order valence-electron chi connectivity index (χ2n) is 15.6. The summed E-state index contributed by atoms with van der Waals surface area (Å²) < 4.78 is 20.7. The molecule has 0 heterocycles. The van der Waals surface area contributed by atoms with Crippen LogP contribution < -0.4 is 0 Å². The monoisotopic (exact) mass is 717 g/mol. The van der Waals surface area contributed by atoms with E-state index in [1.165, 1.54) is 70.3 Å². The molecule has 0 saturated heterocycles. The molecule has 3 aliphatic rings. The van der Waals surface area contributed by atoms with E-state index in [9.17, 15) is 19.2 Å². The van der Waals surface area contributed by atoms with E-state index in [2.05, 4.69) is 27.0 Å². The molecule has 0 aromatic heterocycles. The van der Waals surface area contributed by atoms with Crippen molar-refractivity contribution in [1.29, 1.82) is 0 Å². The molecule has 3 aliphatic carbocycles. The van der Waals surface area contributed by atoms with Crippen molar-refractivity contribution in [1.82, 2.24) is 0 Å². The van der Waals surface area contributed by atoms with Gasteiger partial charge in [-0.2, -0.15) is 0 Å². The van der Waals surface area contributed by atoms with Gasteiger partial charge in [0.1, 0.15) is 0 Å². The maximum Gasteiger partial charge on any atom is 0.333 e. The molecule has 3 saturated carbocycles. The number of ether oxygens (including phenoxy) is 4. The molecule has 0 N–H and O–H groups in total. The zero-order valence-electron chi connectivity index (χ0n) is 32.6. The summed E-state index contributed by atoms with van der Waals surface area (Å²) in [7, 11) is 0. The lowest BCUT2D eigenvalue weighted by molar-refractivity contribution is -0.151. The predicted octanol–water partition coefficient (Wildman–Crippen LogP) is 10.3. The zero-order valence-corrected chi connectivity index (χ0v) is 32.6. The predicted molar refractivity (Wildman–Crippen MR) is 203 cm³/mol. The Morgan fingerprint density at radius 3 is 1.53 bits per heavy atom. The molecule has 3 rings (SSSR count). The molecule has 0 unspecified atom stereocenters. The Balaban J connectivity index is 0.000000389. The topological polar surface area (TPSA) is 105 Å². The first-order chi connectivity index (χ1) is 24.6. The van der Waals surface area contributed by atoms with Crippen molar-refractivity contribution in [3.05, 3.63) is 24.8 Å². The number of hydrogen-bond acceptors (Lipinski definition) is 8. The van der Waals surface area contributed by atoms with Gasteiger partial charge in [0, 0.05) is 11.6 Å². The number of unbranched alkanes of at least 4 members (excludes halogenated alkanes) is 6. The molecular weight excluding hydrogens is 644 g/mol. The Morgan fingerprint density at radius 1 is 0.588 bits per heavy atom. The van der Waals surface area contributed by atoms with Crippen LogP contribution >= 0.6 is 0 Å². The first-order valence-electron chi connectivity index (χ1n) is 20.6. The van der Waals surface area contributed by atoms with Crippen molar-refractivity contribution < 1.29 is 38.1 Å². The van der Waals surface area contributed by atoms with Crippen LogP contribution in [0.2, 0.25) is 0 Å². The van der Waals surface area contributed by atoms with Crippen LogP contribution in [0.3, 0.4) is 0 Å². The molecule has 0 aromatic carbocycles. The maximum absolute atomic E-state index is 12.4. The second kappa shape index (κ2) is 27.0. The van der Waals surface area contributed by atoms with Crippen LogP contribution in [0.1, 0.15) is 162 Å². The third kappa shape index (κ3) is 19.7. The third-order valence-corrected chi connectivity index (χ3v) is 11.3. The molecule has 8 nitrogen and oxygen atoms in total. The molecule has 51 heavy (non-hydrogen) atoms. The summed E-state index contributed by atoms with van der Waals surface area (Å²) in [6, 6.07) is 0. The first-order valence-corrected chi connectivity index (χ1v) is 20.6. The van der Waals surface area contributed by atoms with E-state index >= 15 is 0 Å². The van der Waals surface area contributed by atoms with Crippen molar-refractivity contribution in [3.63, 3.8) is 0 Å². The molecule has 0 aromatic rings. The fourth-order valence-corrected chi connectivity index (χ4v) is 7.82. The quantitative estimate of drug-likeness (QED) is 0.0500. The van der Waals surface area contributed by atoms with E-state index in [1.54, 1.807) is 6.92 Å². The Bertz CT molecular complexity index is 1010. The Kier molecular flexibility index (Phi) is 23.6. The molecule has 8 heteroatoms. The fourth-order valence-electron chi connectivity index (χ4n) is 7.82. The van der Waals surface area contributed by atoms with Gasteiger partial charge in [-0.3, -0.25) is 9.59 Å². The Labute approximate surface area is 310 Å². The largest absolute Gasteiger partial charge is 0.465 e. The summed E-state index contributed by atoms with van der Waals surface area (Å²) in [5.74, 6) is 2.93. The van der Waals surface area contributed by atoms with Crippen LogP contribution in [-0.4, -0.2) is 50.3 Å². The molecule has 3 fully saturated rings. The van der Waals surface area contributed by atoms with Crippen molar-refractivity contribution in [3.8, 4) is 0 Å². The normalized spacial score (nSPS) is 24.6. The minimum atomic E-state index is -0.363. The highest BCUT2D eigenvalue weighted by atomic mass is 16.5. The summed E-state index contributed by atoms with van der Waals surface area (Å²) in [6.07, 6.45) is 26.3. The summed E-state index contributed by atoms with van der Waals surface area (Å²) in [5.41, 5.74) is 0.406. The third-order valence-electron chi connectivity index (χ3n) is 11.3. The van der Waals surface area contributed by atoms with Gasteiger partial charge in [0.25, 0.3) is 0 Å². The summed E-state index contributed by atoms with van der Waals surface area (Å²) in [4.78, 5) is 46.3. The van der Waals surface area contributed by atoms with Gasteiger partial charge < -0.3 is 18.9 Å². The van der Waals surface area contributed by atoms with E-state index < -0.39 is 0 Å². The highest BCUT2D eigenvalue weighted by Crippen LogP contribution is 2.42. The van der Waals surface area contributed by atoms with E-state index in [0.717, 1.165) is 94.3 Å². The van der Waals surface area contributed by atoms with Gasteiger partial charge in [-0.05, 0) is 133 Å². The Hall–Kier alpha value is -2.64. The Morgan fingerprint density at radius 2 is 1.04 bits per heavy atom. The van der Waals surface area contributed by atoms with Crippen LogP contribution in [-0.2, 0) is 38.1 Å². The van der Waals surface area contributed by atoms with Crippen LogP contribution in [0.15, 0.2) is 24.8 Å². The van der Waals surface area contributed by atoms with Gasteiger partial charge >= 0.3 is 23.9 Å². The molecule has 0 spiro atoms. The van der Waals surface area contributed by atoms with E-state index in [0.29, 0.717) is 38.4 Å². The SMILES string of the molecule is C=C(C)C(=O)OCCCCOC(=O)C1CCC(C)CC1.C=CC(=O)OCCCCCCOC(=O)C1CCC(C2CCC(CCCCC)CC2)CC1. The lowest BCUT2D eigenvalue weighted by atomic mass is 9.68. The minimum Gasteiger partial charge on any atom is -0.465 e. The van der Waals surface area contributed by atoms with Crippen molar-refractivity contribution in [2.24, 2.45) is 35.5 Å². The van der Waals surface area contributed by atoms with Crippen molar-refractivity contribution >= 4 is 23.9 Å². The van der Waals surface area contributed by atoms with E-state index in [1.807, 2.05) is 0 Å². The van der Waals surface area contributed by atoms with Gasteiger partial charge in [0.15, 0.2) is 0 Å². The number of carbonyl (C=O) groups is 4. The first kappa shape index (κ1) is 44.5. The number of carbonyl (C=O) groups excluding carboxylic acids is 4. The number of esters is 4. The zero-order chi connectivity index (χ0) is 37.3. The second-order valence-corrected chi connectivity index (χ2v) is 15.6. The van der Waals surface area contributed by atoms with Crippen LogP contribution in [0.4, 0.5) is 0 Å². The van der Waals surface area contributed by atoms with Gasteiger partial charge in [0.05, 0.1) is 38.3 Å². The number of hydrogen-bond donors (Lipinski definition) is 0. The van der Waals surface area contributed by atoms with E-state index in [-0.39, 0.29) is 35.7 Å². The molecule has 0 atom stereocenters. The highest BCUT2D eigenvalue weighted by molar-refractivity contribution is 5.86. The average molecular weight is 717 g/mol. The van der Waals surface area contributed by atoms with Crippen molar-refractivity contribution in [2.45, 2.75) is 162 Å². The van der Waals surface area contributed by atoms with Gasteiger partial charge in [-0.15, -0.1) is 0 Å². The lowest BCUT2D eigenvalue weighted by Crippen LogP contribution is -2.29. The van der Waals surface area contributed by atoms with Gasteiger partial charge in [0.2, 0.25) is 0 Å². The van der Waals surface area contributed by atoms with Crippen LogP contribution in [0.5, 0.6) is 0 Å². The van der Waals surface area contributed by atoms with E-state index in [4.69, 9.17) is 18.9 Å². The molecule has 0 bridgehead atoms. The van der Waals surface area contributed by atoms with Gasteiger partial charge in [-0.25, -0.2) is 9.59 Å². The summed E-state index contributed by atoms with van der Waals surface area (Å²) in [5, 5.41) is 0. The summed E-state index contributed by atoms with van der Waals surface area (Å²) in [6.45, 7) is 14.7. The number of rotatable bonds is 21. The van der Waals surface area contributed by atoms with Crippen LogP contribution in [0, 0.1) is 35.5 Å². The average Bonchev–Trinajstić information content (AvgIpc) is 3.14. The lowest BCUT2D eigenvalue weighted by Gasteiger charge is -2.37. The summed E-state index contributed by atoms with van der Waals surface area (Å²) >= 11 is 0. The highest BCUT2D eigenvalue weighted by Gasteiger charge is 2.33. The van der Waals surface area contributed by atoms with Crippen molar-refractivity contribution in [2.75, 3.05) is 26.4 Å². The van der Waals surface area contributed by atoms with Crippen LogP contribution in [0.25, 0.3) is 0 Å². The maximum atomic E-state index is 12.4. The molecular formula is C43H72O8. The smallest absolute Gasteiger partial charge is 0.333 e. The minimum absolute atomic E-state index is 0.0259. The molecule has 0 amide bonds. The van der Waals surface area contributed by atoms with Gasteiger partial charge in [-0.1, -0.05) is 65.5 Å². The molecule has 0 aliphatic heterocycles. The molecule has 0 radical (unpaired) electrons. The standard InChI is InChI=1S/C27H46O4.C16H26O4/c1-3-5-8-11-22-12-14-23(15-13-22)24-16-18-25(19-17-24)27(29)31-21-10-7-6-9-20-30-26(28)4-2;1-12(2)15(17)19-10-4-5-11-20-16(18)14-8-6-13(3)7-9-14/h4,22-25H,2-3,5-21H2,1H3;13-14H,1,4-11H2,2-3H3.